The minimum atomic E-state index is -0.853. The van der Waals surface area contributed by atoms with Gasteiger partial charge in [-0.05, 0) is 6.42 Å². The van der Waals surface area contributed by atoms with Crippen LogP contribution in [0.25, 0.3) is 0 Å². The summed E-state index contributed by atoms with van der Waals surface area (Å²) in [6, 6.07) is 0. The molecule has 0 aromatic heterocycles. The molecule has 53 valence electrons. The van der Waals surface area contributed by atoms with Crippen molar-refractivity contribution in [3.8, 4) is 0 Å². The first-order valence-corrected chi connectivity index (χ1v) is 2.10. The Morgan fingerprint density at radius 1 is 1.50 bits per heavy atom. The molecule has 8 heavy (non-hydrogen) atoms. The van der Waals surface area contributed by atoms with Crippen LogP contribution in [0.3, 0.4) is 0 Å². The average Bonchev–Trinajstić information content (AvgIpc) is 1.61. The number of aliphatic hydroxyl groups excluding tert-OH is 1. The van der Waals surface area contributed by atoms with Crippen molar-refractivity contribution in [1.29, 1.82) is 0 Å². The smallest absolute Gasteiger partial charge is 0.303 e. The number of carboxylic acid groups (broad SMARTS) is 1. The van der Waals surface area contributed by atoms with E-state index in [1.807, 2.05) is 0 Å². The summed E-state index contributed by atoms with van der Waals surface area (Å²) in [6.45, 7) is -0.0354. The largest absolute Gasteiger partial charge is 0.481 e. The normalized spacial score (nSPS) is 7.62. The summed E-state index contributed by atoms with van der Waals surface area (Å²) >= 11 is 0. The molecule has 0 atom stereocenters. The minimum absolute atomic E-state index is 0. The van der Waals surface area contributed by atoms with Crippen molar-refractivity contribution in [2.45, 2.75) is 12.8 Å². The van der Waals surface area contributed by atoms with E-state index >= 15 is 0 Å². The summed E-state index contributed by atoms with van der Waals surface area (Å²) in [5, 5.41) is 16.0. The van der Waals surface area contributed by atoms with Gasteiger partial charge in [0.25, 0.3) is 0 Å². The molecular weight excluding hydrogens is 204 g/mol. The first kappa shape index (κ1) is 11.0. The molecule has 0 unspecified atom stereocenters. The van der Waals surface area contributed by atoms with Crippen molar-refractivity contribution >= 4 is 5.97 Å². The number of hydrogen-bond acceptors (Lipinski definition) is 2. The molecular formula is C4H8AgO3. The zero-order valence-corrected chi connectivity index (χ0v) is 5.71. The van der Waals surface area contributed by atoms with Crippen molar-refractivity contribution in [1.82, 2.24) is 0 Å². The fourth-order valence-corrected chi connectivity index (χ4v) is 0.230. The van der Waals surface area contributed by atoms with E-state index < -0.39 is 5.97 Å². The maximum Gasteiger partial charge on any atom is 0.303 e. The molecule has 0 aromatic rings. The Balaban J connectivity index is 0. The van der Waals surface area contributed by atoms with Crippen molar-refractivity contribution in [3.63, 3.8) is 0 Å². The molecule has 0 saturated carbocycles. The molecule has 3 nitrogen and oxygen atoms in total. The summed E-state index contributed by atoms with van der Waals surface area (Å²) in [4.78, 5) is 9.65. The van der Waals surface area contributed by atoms with Gasteiger partial charge < -0.3 is 10.2 Å². The predicted octanol–water partition coefficient (Wildman–Crippen LogP) is -0.159. The Morgan fingerprint density at radius 3 is 2.12 bits per heavy atom. The van der Waals surface area contributed by atoms with Crippen LogP contribution < -0.4 is 0 Å². The second kappa shape index (κ2) is 7.17. The maximum absolute atomic E-state index is 9.65. The van der Waals surface area contributed by atoms with Crippen LogP contribution in [0.2, 0.25) is 0 Å². The molecule has 0 fully saturated rings. The Labute approximate surface area is 63.2 Å². The Morgan fingerprint density at radius 2 is 2.00 bits per heavy atom. The van der Waals surface area contributed by atoms with Gasteiger partial charge in [-0.1, -0.05) is 0 Å². The first-order valence-electron chi connectivity index (χ1n) is 2.10. The number of aliphatic hydroxyl groups is 1. The van der Waals surface area contributed by atoms with Crippen LogP contribution in [-0.2, 0) is 27.2 Å². The summed E-state index contributed by atoms with van der Waals surface area (Å²) < 4.78 is 0. The predicted molar refractivity (Wildman–Crippen MR) is 24.0 cm³/mol. The van der Waals surface area contributed by atoms with Gasteiger partial charge in [0.2, 0.25) is 0 Å². The Bertz CT molecular complexity index is 64.3. The van der Waals surface area contributed by atoms with E-state index in [0.29, 0.717) is 6.42 Å². The zero-order chi connectivity index (χ0) is 5.70. The SMILES string of the molecule is O=C(O)CCCO.[Ag]. The second-order valence-corrected chi connectivity index (χ2v) is 1.22. The minimum Gasteiger partial charge on any atom is -0.481 e. The Kier molecular flexibility index (Phi) is 9.89. The quantitative estimate of drug-likeness (QED) is 0.639. The third kappa shape index (κ3) is 9.48. The fraction of sp³-hybridized carbons (Fsp3) is 0.750. The molecule has 2 N–H and O–H groups in total. The van der Waals surface area contributed by atoms with E-state index in [4.69, 9.17) is 10.2 Å². The van der Waals surface area contributed by atoms with E-state index in [-0.39, 0.29) is 35.4 Å². The van der Waals surface area contributed by atoms with E-state index in [1.54, 1.807) is 0 Å². The van der Waals surface area contributed by atoms with Gasteiger partial charge in [-0.15, -0.1) is 0 Å². The topological polar surface area (TPSA) is 57.5 Å². The van der Waals surface area contributed by atoms with Crippen LogP contribution >= 0.6 is 0 Å². The summed E-state index contributed by atoms with van der Waals surface area (Å²) in [6.07, 6.45) is 0.422. The molecule has 0 rings (SSSR count). The Hall–Kier alpha value is 0.170. The molecule has 0 spiro atoms. The average molecular weight is 212 g/mol. The molecule has 0 amide bonds. The molecule has 0 aliphatic heterocycles. The fourth-order valence-electron chi connectivity index (χ4n) is 0.230. The molecule has 1 radical (unpaired) electrons. The van der Waals surface area contributed by atoms with E-state index in [1.165, 1.54) is 0 Å². The first-order chi connectivity index (χ1) is 3.27. The van der Waals surface area contributed by atoms with Crippen molar-refractivity contribution in [3.05, 3.63) is 0 Å². The monoisotopic (exact) mass is 211 g/mol. The van der Waals surface area contributed by atoms with Crippen molar-refractivity contribution in [2.75, 3.05) is 6.61 Å². The number of carboxylic acids is 1. The number of rotatable bonds is 3. The van der Waals surface area contributed by atoms with Gasteiger partial charge in [-0.2, -0.15) is 0 Å². The molecule has 0 aromatic carbocycles. The van der Waals surface area contributed by atoms with E-state index in [0.717, 1.165) is 0 Å². The van der Waals surface area contributed by atoms with Crippen LogP contribution in [0.15, 0.2) is 0 Å². The summed E-state index contributed by atoms with van der Waals surface area (Å²) in [5.41, 5.74) is 0. The molecule has 0 saturated heterocycles. The third-order valence-electron chi connectivity index (χ3n) is 0.549. The summed E-state index contributed by atoms with van der Waals surface area (Å²) in [5.74, 6) is -0.853. The van der Waals surface area contributed by atoms with E-state index in [2.05, 4.69) is 0 Å². The van der Waals surface area contributed by atoms with Crippen LogP contribution in [0.1, 0.15) is 12.8 Å². The zero-order valence-electron chi connectivity index (χ0n) is 4.23. The van der Waals surface area contributed by atoms with Gasteiger partial charge >= 0.3 is 5.97 Å². The number of aliphatic carboxylic acids is 1. The van der Waals surface area contributed by atoms with Gasteiger partial charge in [0, 0.05) is 35.4 Å². The standard InChI is InChI=1S/C4H8O3.Ag/c5-3-1-2-4(6)7;/h5H,1-3H2,(H,6,7);. The number of hydrogen-bond donors (Lipinski definition) is 2. The number of carbonyl (C=O) groups is 1. The van der Waals surface area contributed by atoms with Gasteiger partial charge in [0.05, 0.1) is 0 Å². The second-order valence-electron chi connectivity index (χ2n) is 1.22. The van der Waals surface area contributed by atoms with Crippen LogP contribution in [0, 0.1) is 0 Å². The van der Waals surface area contributed by atoms with Crippen LogP contribution in [0.5, 0.6) is 0 Å². The third-order valence-corrected chi connectivity index (χ3v) is 0.549. The van der Waals surface area contributed by atoms with Crippen LogP contribution in [0.4, 0.5) is 0 Å². The van der Waals surface area contributed by atoms with E-state index in [9.17, 15) is 4.79 Å². The van der Waals surface area contributed by atoms with Gasteiger partial charge in [0.1, 0.15) is 0 Å². The summed E-state index contributed by atoms with van der Waals surface area (Å²) in [7, 11) is 0. The van der Waals surface area contributed by atoms with Gasteiger partial charge in [-0.25, -0.2) is 0 Å². The van der Waals surface area contributed by atoms with Crippen molar-refractivity contribution < 1.29 is 37.4 Å². The maximum atomic E-state index is 9.65. The van der Waals surface area contributed by atoms with Crippen molar-refractivity contribution in [2.24, 2.45) is 0 Å². The molecule has 4 heteroatoms. The molecule has 0 heterocycles. The molecule has 0 aliphatic rings. The van der Waals surface area contributed by atoms with Crippen LogP contribution in [-0.4, -0.2) is 22.8 Å². The van der Waals surface area contributed by atoms with Gasteiger partial charge in [0.15, 0.2) is 0 Å². The molecule has 0 aliphatic carbocycles. The molecule has 0 bridgehead atoms. The van der Waals surface area contributed by atoms with Gasteiger partial charge in [-0.3, -0.25) is 4.79 Å².